The number of nitrogens with zero attached hydrogens (tertiary/aromatic N) is 4. The number of aromatic amines is 1. The fourth-order valence-corrected chi connectivity index (χ4v) is 4.65. The number of aliphatic imine (C=N–C) groups is 1. The van der Waals surface area contributed by atoms with Crippen LogP contribution in [0.15, 0.2) is 41.4 Å². The van der Waals surface area contributed by atoms with Gasteiger partial charge in [0.15, 0.2) is 17.2 Å². The summed E-state index contributed by atoms with van der Waals surface area (Å²) in [5.74, 6) is -2.50. The molecule has 0 spiro atoms. The van der Waals surface area contributed by atoms with Gasteiger partial charge in [0, 0.05) is 25.2 Å². The van der Waals surface area contributed by atoms with Crippen molar-refractivity contribution in [3.63, 3.8) is 0 Å². The molecule has 24 heteroatoms. The summed E-state index contributed by atoms with van der Waals surface area (Å²) in [6, 6.07) is 4.13. The van der Waals surface area contributed by atoms with Crippen molar-refractivity contribution >= 4 is 70.5 Å². The van der Waals surface area contributed by atoms with E-state index in [2.05, 4.69) is 35.1 Å². The molecule has 0 bridgehead atoms. The van der Waals surface area contributed by atoms with E-state index in [1.807, 2.05) is 0 Å². The number of aromatic nitrogens is 4. The highest BCUT2D eigenvalue weighted by atomic mass is 35.5. The third kappa shape index (κ3) is 12.6. The Hall–Kier alpha value is -5.01. The van der Waals surface area contributed by atoms with Gasteiger partial charge in [0.1, 0.15) is 5.69 Å². The normalized spacial score (nSPS) is 10.8. The van der Waals surface area contributed by atoms with Gasteiger partial charge in [-0.05, 0) is 38.1 Å². The third-order valence-corrected chi connectivity index (χ3v) is 6.97. The summed E-state index contributed by atoms with van der Waals surface area (Å²) in [4.78, 5) is 47.3. The van der Waals surface area contributed by atoms with Crippen LogP contribution < -0.4 is 14.8 Å². The lowest BCUT2D eigenvalue weighted by Gasteiger charge is -2.11. The molecule has 2 N–H and O–H groups in total. The Morgan fingerprint density at radius 2 is 1.26 bits per heavy atom. The van der Waals surface area contributed by atoms with Gasteiger partial charge in [-0.25, -0.2) is 24.2 Å². The molecule has 4 rings (SSSR count). The Morgan fingerprint density at radius 1 is 0.796 bits per heavy atom. The number of isocyanates is 1. The first-order chi connectivity index (χ1) is 25.2. The van der Waals surface area contributed by atoms with E-state index in [9.17, 15) is 40.7 Å². The minimum absolute atomic E-state index is 0.00310. The monoisotopic (exact) mass is 850 g/mol. The van der Waals surface area contributed by atoms with Crippen molar-refractivity contribution < 1.29 is 64.5 Å². The largest absolute Gasteiger partial charge is 0.464 e. The maximum Gasteiger partial charge on any atom is 0.416 e. The molecule has 0 aliphatic carbocycles. The molecule has 0 aliphatic heterocycles. The van der Waals surface area contributed by atoms with Gasteiger partial charge in [0.2, 0.25) is 17.8 Å². The Balaban J connectivity index is 0.000000337. The first-order valence-corrected chi connectivity index (χ1v) is 15.8. The minimum atomic E-state index is -4.65. The van der Waals surface area contributed by atoms with E-state index in [0.717, 1.165) is 13.2 Å². The SMILES string of the molecule is CCN=C=O.CCNC(=O)n1nc(Oc2c(Cl)cc(C(F)(F)F)cc2Cl)cc1C(=O)OC.COC(=O)c1cc(Oc2c(Cl)cc(C(F)(F)F)cc2Cl)n[nH]1. The van der Waals surface area contributed by atoms with Gasteiger partial charge < -0.3 is 24.3 Å². The summed E-state index contributed by atoms with van der Waals surface area (Å²) in [5.41, 5.74) is -2.34. The smallest absolute Gasteiger partial charge is 0.416 e. The van der Waals surface area contributed by atoms with Crippen LogP contribution in [-0.4, -0.2) is 71.3 Å². The maximum atomic E-state index is 12.8. The number of benzene rings is 2. The van der Waals surface area contributed by atoms with Crippen LogP contribution in [-0.2, 0) is 26.6 Å². The molecular weight excluding hydrogens is 828 g/mol. The van der Waals surface area contributed by atoms with E-state index in [1.165, 1.54) is 19.3 Å². The summed E-state index contributed by atoms with van der Waals surface area (Å²) in [6.45, 7) is 4.23. The quantitative estimate of drug-likeness (QED) is 0.0753. The molecule has 0 aliphatic rings. The van der Waals surface area contributed by atoms with E-state index in [1.54, 1.807) is 13.8 Å². The lowest BCUT2D eigenvalue weighted by Crippen LogP contribution is -2.31. The fraction of sp³-hybridized carbons (Fsp3) is 0.267. The van der Waals surface area contributed by atoms with Gasteiger partial charge in [0.25, 0.3) is 0 Å². The highest BCUT2D eigenvalue weighted by Crippen LogP contribution is 2.43. The molecule has 0 unspecified atom stereocenters. The van der Waals surface area contributed by atoms with Crippen molar-refractivity contribution in [2.45, 2.75) is 26.2 Å². The number of amides is 1. The van der Waals surface area contributed by atoms with E-state index in [0.29, 0.717) is 35.5 Å². The molecule has 2 aromatic carbocycles. The van der Waals surface area contributed by atoms with Crippen molar-refractivity contribution in [1.82, 2.24) is 25.3 Å². The molecule has 0 saturated carbocycles. The van der Waals surface area contributed by atoms with Crippen molar-refractivity contribution in [2.75, 3.05) is 27.3 Å². The molecule has 2 aromatic heterocycles. The van der Waals surface area contributed by atoms with Crippen LogP contribution in [0.1, 0.15) is 46.0 Å². The molecule has 0 atom stereocenters. The molecule has 4 aromatic rings. The lowest BCUT2D eigenvalue weighted by atomic mass is 10.2. The van der Waals surface area contributed by atoms with Crippen LogP contribution in [0.2, 0.25) is 20.1 Å². The minimum Gasteiger partial charge on any atom is -0.464 e. The number of nitrogens with one attached hydrogen (secondary N) is 2. The van der Waals surface area contributed by atoms with Crippen LogP contribution in [0.3, 0.4) is 0 Å². The second-order valence-corrected chi connectivity index (χ2v) is 11.2. The van der Waals surface area contributed by atoms with Gasteiger partial charge in [0.05, 0.1) is 45.4 Å². The van der Waals surface area contributed by atoms with Crippen molar-refractivity contribution in [1.29, 1.82) is 0 Å². The summed E-state index contributed by atoms with van der Waals surface area (Å²) < 4.78 is 96.4. The first kappa shape index (κ1) is 45.1. The second kappa shape index (κ2) is 19.9. The average Bonchev–Trinajstić information content (AvgIpc) is 3.75. The lowest BCUT2D eigenvalue weighted by molar-refractivity contribution is -0.138. The van der Waals surface area contributed by atoms with Gasteiger partial charge in [-0.15, -0.1) is 10.2 Å². The number of rotatable bonds is 8. The number of H-pyrrole nitrogens is 1. The molecule has 0 saturated heterocycles. The fourth-order valence-electron chi connectivity index (χ4n) is 3.53. The standard InChI is InChI=1S/C15H12Cl2F3N3O4.C12H7Cl2F3N2O3.C3H5NO/c1-3-21-14(25)23-10(13(24)26-2)6-11(22-23)27-12-8(16)4-7(5-9(12)17)15(18,19)20;1-21-11(20)8-4-9(19-18-8)22-10-6(13)2-5(3-7(10)14)12(15,16)17;1-2-4-3-5/h4-6H,3H2,1-2H3,(H,21,25);2-4H,1H3,(H,18,19);2H2,1H3. The highest BCUT2D eigenvalue weighted by Gasteiger charge is 2.34. The number of carbonyl (C=O) groups excluding carboxylic acids is 4. The van der Waals surface area contributed by atoms with Crippen LogP contribution in [0, 0.1) is 0 Å². The molecular formula is C30H24Cl4F6N6O8. The zero-order chi connectivity index (χ0) is 41.0. The van der Waals surface area contributed by atoms with Gasteiger partial charge in [-0.2, -0.15) is 31.0 Å². The molecule has 292 valence electrons. The molecule has 0 fully saturated rings. The van der Waals surface area contributed by atoms with E-state index in [-0.39, 0.29) is 51.2 Å². The highest BCUT2D eigenvalue weighted by molar-refractivity contribution is 6.38. The zero-order valence-corrected chi connectivity index (χ0v) is 30.7. The predicted molar refractivity (Wildman–Crippen MR) is 180 cm³/mol. The van der Waals surface area contributed by atoms with Crippen molar-refractivity contribution in [3.8, 4) is 23.3 Å². The third-order valence-electron chi connectivity index (χ3n) is 5.85. The Kier molecular flexibility index (Phi) is 16.6. The van der Waals surface area contributed by atoms with Crippen molar-refractivity contribution in [2.24, 2.45) is 4.99 Å². The number of hydrogen-bond donors (Lipinski definition) is 2. The Labute approximate surface area is 320 Å². The zero-order valence-electron chi connectivity index (χ0n) is 27.7. The maximum absolute atomic E-state index is 12.8. The number of esters is 2. The van der Waals surface area contributed by atoms with Gasteiger partial charge in [-0.1, -0.05) is 46.4 Å². The topological polar surface area (TPSA) is 176 Å². The summed E-state index contributed by atoms with van der Waals surface area (Å²) in [7, 11) is 2.27. The average molecular weight is 852 g/mol. The van der Waals surface area contributed by atoms with E-state index in [4.69, 9.17) is 60.7 Å². The van der Waals surface area contributed by atoms with Crippen molar-refractivity contribution in [3.05, 3.63) is 79.0 Å². The molecule has 14 nitrogen and oxygen atoms in total. The number of methoxy groups -OCH3 is 2. The van der Waals surface area contributed by atoms with Crippen LogP contribution in [0.4, 0.5) is 31.1 Å². The molecule has 0 radical (unpaired) electrons. The number of alkyl halides is 6. The second-order valence-electron chi connectivity index (χ2n) is 9.52. The molecule has 54 heavy (non-hydrogen) atoms. The first-order valence-electron chi connectivity index (χ1n) is 14.3. The Bertz CT molecular complexity index is 1970. The predicted octanol–water partition coefficient (Wildman–Crippen LogP) is 9.02. The number of halogens is 10. The number of carbonyl (C=O) groups is 3. The molecule has 1 amide bonds. The van der Waals surface area contributed by atoms with Crippen LogP contribution in [0.5, 0.6) is 23.3 Å². The Morgan fingerprint density at radius 3 is 1.63 bits per heavy atom. The van der Waals surface area contributed by atoms with Crippen LogP contribution >= 0.6 is 46.4 Å². The van der Waals surface area contributed by atoms with E-state index < -0.39 is 51.5 Å². The summed E-state index contributed by atoms with van der Waals surface area (Å²) >= 11 is 23.1. The molecule has 2 heterocycles. The van der Waals surface area contributed by atoms with Crippen LogP contribution in [0.25, 0.3) is 0 Å². The van der Waals surface area contributed by atoms with Gasteiger partial charge >= 0.3 is 30.3 Å². The number of ether oxygens (including phenoxy) is 4. The van der Waals surface area contributed by atoms with Gasteiger partial charge in [-0.3, -0.25) is 5.10 Å². The summed E-state index contributed by atoms with van der Waals surface area (Å²) in [6.07, 6.45) is -7.84. The summed E-state index contributed by atoms with van der Waals surface area (Å²) in [5, 5.41) is 10.6. The number of hydrogen-bond acceptors (Lipinski definition) is 11. The van der Waals surface area contributed by atoms with E-state index >= 15 is 0 Å².